The number of rotatable bonds is 6. The summed E-state index contributed by atoms with van der Waals surface area (Å²) in [7, 11) is 1.72. The summed E-state index contributed by atoms with van der Waals surface area (Å²) in [5.74, 6) is 1.83. The Labute approximate surface area is 137 Å². The molecule has 1 atom stereocenters. The molecule has 0 spiro atoms. The fraction of sp³-hybridized carbons (Fsp3) is 0.368. The zero-order valence-corrected chi connectivity index (χ0v) is 13.5. The first kappa shape index (κ1) is 15.8. The molecule has 1 saturated heterocycles. The van der Waals surface area contributed by atoms with Gasteiger partial charge in [-0.1, -0.05) is 36.4 Å². The highest BCUT2D eigenvalue weighted by molar-refractivity contribution is 5.33. The maximum atomic E-state index is 5.83. The average Bonchev–Trinajstić information content (AvgIpc) is 2.62. The van der Waals surface area contributed by atoms with E-state index < -0.39 is 0 Å². The van der Waals surface area contributed by atoms with Gasteiger partial charge in [0, 0.05) is 25.2 Å². The van der Waals surface area contributed by atoms with Crippen LogP contribution in [0.15, 0.2) is 54.6 Å². The predicted octanol–water partition coefficient (Wildman–Crippen LogP) is 2.98. The fourth-order valence-electron chi connectivity index (χ4n) is 2.81. The molecule has 2 aromatic carbocycles. The van der Waals surface area contributed by atoms with Gasteiger partial charge in [-0.2, -0.15) is 0 Å². The summed E-state index contributed by atoms with van der Waals surface area (Å²) in [6.07, 6.45) is 0.0960. The van der Waals surface area contributed by atoms with Gasteiger partial charge in [-0.25, -0.2) is 0 Å². The molecule has 0 bridgehead atoms. The summed E-state index contributed by atoms with van der Waals surface area (Å²) in [4.78, 5) is 2.39. The third kappa shape index (κ3) is 4.47. The Morgan fingerprint density at radius 2 is 1.87 bits per heavy atom. The van der Waals surface area contributed by atoms with E-state index >= 15 is 0 Å². The molecule has 23 heavy (non-hydrogen) atoms. The molecule has 1 fully saturated rings. The normalized spacial score (nSPS) is 18.6. The second kappa shape index (κ2) is 7.99. The Morgan fingerprint density at radius 1 is 1.09 bits per heavy atom. The van der Waals surface area contributed by atoms with E-state index in [1.165, 1.54) is 5.56 Å². The van der Waals surface area contributed by atoms with Crippen molar-refractivity contribution in [3.8, 4) is 11.5 Å². The number of hydrogen-bond donors (Lipinski definition) is 0. The highest BCUT2D eigenvalue weighted by Crippen LogP contribution is 2.20. The van der Waals surface area contributed by atoms with Crippen molar-refractivity contribution in [2.75, 3.05) is 33.4 Å². The van der Waals surface area contributed by atoms with Gasteiger partial charge in [-0.15, -0.1) is 0 Å². The fourth-order valence-corrected chi connectivity index (χ4v) is 2.81. The minimum Gasteiger partial charge on any atom is -0.496 e. The van der Waals surface area contributed by atoms with Gasteiger partial charge in [0.2, 0.25) is 0 Å². The van der Waals surface area contributed by atoms with Crippen molar-refractivity contribution in [1.29, 1.82) is 0 Å². The molecule has 0 radical (unpaired) electrons. The van der Waals surface area contributed by atoms with E-state index in [1.807, 2.05) is 48.5 Å². The SMILES string of the molecule is COc1ccccc1CN1CCOC(COc2ccccc2)C1. The molecule has 1 aliphatic heterocycles. The molecule has 0 aliphatic carbocycles. The number of para-hydroxylation sites is 2. The largest absolute Gasteiger partial charge is 0.496 e. The van der Waals surface area contributed by atoms with E-state index in [2.05, 4.69) is 11.0 Å². The van der Waals surface area contributed by atoms with Crippen molar-refractivity contribution >= 4 is 0 Å². The van der Waals surface area contributed by atoms with Gasteiger partial charge in [0.1, 0.15) is 24.2 Å². The van der Waals surface area contributed by atoms with Gasteiger partial charge in [0.05, 0.1) is 13.7 Å². The second-order valence-electron chi connectivity index (χ2n) is 5.66. The van der Waals surface area contributed by atoms with Crippen LogP contribution >= 0.6 is 0 Å². The van der Waals surface area contributed by atoms with Gasteiger partial charge >= 0.3 is 0 Å². The smallest absolute Gasteiger partial charge is 0.123 e. The van der Waals surface area contributed by atoms with Crippen molar-refractivity contribution in [3.05, 3.63) is 60.2 Å². The van der Waals surface area contributed by atoms with Crippen LogP contribution in [0.4, 0.5) is 0 Å². The zero-order chi connectivity index (χ0) is 15.9. The molecule has 1 heterocycles. The van der Waals surface area contributed by atoms with E-state index in [9.17, 15) is 0 Å². The molecule has 0 amide bonds. The number of ether oxygens (including phenoxy) is 3. The Bertz CT molecular complexity index is 603. The van der Waals surface area contributed by atoms with Gasteiger partial charge in [0.15, 0.2) is 0 Å². The first-order valence-corrected chi connectivity index (χ1v) is 7.99. The first-order chi connectivity index (χ1) is 11.3. The Kier molecular flexibility index (Phi) is 5.51. The molecule has 4 nitrogen and oxygen atoms in total. The Balaban J connectivity index is 1.54. The lowest BCUT2D eigenvalue weighted by atomic mass is 10.1. The Morgan fingerprint density at radius 3 is 2.70 bits per heavy atom. The maximum Gasteiger partial charge on any atom is 0.123 e. The average molecular weight is 313 g/mol. The summed E-state index contributed by atoms with van der Waals surface area (Å²) in [6.45, 7) is 3.98. The van der Waals surface area contributed by atoms with Crippen LogP contribution in [0.5, 0.6) is 11.5 Å². The summed E-state index contributed by atoms with van der Waals surface area (Å²) in [6, 6.07) is 18.0. The van der Waals surface area contributed by atoms with Crippen LogP contribution in [0.3, 0.4) is 0 Å². The van der Waals surface area contributed by atoms with E-state index in [1.54, 1.807) is 7.11 Å². The summed E-state index contributed by atoms with van der Waals surface area (Å²) >= 11 is 0. The van der Waals surface area contributed by atoms with Gasteiger partial charge in [0.25, 0.3) is 0 Å². The maximum absolute atomic E-state index is 5.83. The van der Waals surface area contributed by atoms with E-state index in [0.29, 0.717) is 6.61 Å². The molecule has 2 aromatic rings. The Hall–Kier alpha value is -2.04. The van der Waals surface area contributed by atoms with Gasteiger partial charge in [-0.05, 0) is 18.2 Å². The van der Waals surface area contributed by atoms with Crippen LogP contribution in [-0.4, -0.2) is 44.4 Å². The van der Waals surface area contributed by atoms with Crippen molar-refractivity contribution in [1.82, 2.24) is 4.90 Å². The minimum absolute atomic E-state index is 0.0960. The second-order valence-corrected chi connectivity index (χ2v) is 5.66. The molecule has 0 aromatic heterocycles. The van der Waals surface area contributed by atoms with Crippen molar-refractivity contribution in [2.24, 2.45) is 0 Å². The molecule has 4 heteroatoms. The number of hydrogen-bond acceptors (Lipinski definition) is 4. The van der Waals surface area contributed by atoms with Crippen molar-refractivity contribution < 1.29 is 14.2 Å². The monoisotopic (exact) mass is 313 g/mol. The predicted molar refractivity (Wildman–Crippen MR) is 89.9 cm³/mol. The first-order valence-electron chi connectivity index (χ1n) is 7.99. The topological polar surface area (TPSA) is 30.9 Å². The molecular formula is C19H23NO3. The molecule has 0 saturated carbocycles. The van der Waals surface area contributed by atoms with E-state index in [-0.39, 0.29) is 6.10 Å². The van der Waals surface area contributed by atoms with Crippen LogP contribution in [0.1, 0.15) is 5.56 Å². The van der Waals surface area contributed by atoms with Crippen molar-refractivity contribution in [3.63, 3.8) is 0 Å². The number of morpholine rings is 1. The third-order valence-electron chi connectivity index (χ3n) is 3.99. The summed E-state index contributed by atoms with van der Waals surface area (Å²) in [5.41, 5.74) is 1.21. The number of benzene rings is 2. The lowest BCUT2D eigenvalue weighted by molar-refractivity contribution is -0.0505. The highest BCUT2D eigenvalue weighted by atomic mass is 16.5. The molecule has 0 N–H and O–H groups in total. The quantitative estimate of drug-likeness (QED) is 0.820. The zero-order valence-electron chi connectivity index (χ0n) is 13.5. The van der Waals surface area contributed by atoms with Gasteiger partial charge in [-0.3, -0.25) is 4.90 Å². The molecular weight excluding hydrogens is 290 g/mol. The van der Waals surface area contributed by atoms with Crippen LogP contribution in [0, 0.1) is 0 Å². The summed E-state index contributed by atoms with van der Waals surface area (Å²) < 4.78 is 17.1. The standard InChI is InChI=1S/C19H23NO3/c1-21-19-10-6-5-7-16(19)13-20-11-12-22-18(14-20)15-23-17-8-3-2-4-9-17/h2-10,18H,11-15H2,1H3. The number of nitrogens with zero attached hydrogens (tertiary/aromatic N) is 1. The molecule has 3 rings (SSSR count). The summed E-state index contributed by atoms with van der Waals surface area (Å²) in [5, 5.41) is 0. The molecule has 1 aliphatic rings. The van der Waals surface area contributed by atoms with Crippen LogP contribution in [-0.2, 0) is 11.3 Å². The molecule has 122 valence electrons. The van der Waals surface area contributed by atoms with Crippen LogP contribution in [0.2, 0.25) is 0 Å². The van der Waals surface area contributed by atoms with Crippen LogP contribution in [0.25, 0.3) is 0 Å². The van der Waals surface area contributed by atoms with Crippen molar-refractivity contribution in [2.45, 2.75) is 12.6 Å². The van der Waals surface area contributed by atoms with Gasteiger partial charge < -0.3 is 14.2 Å². The minimum atomic E-state index is 0.0960. The van der Waals surface area contributed by atoms with E-state index in [4.69, 9.17) is 14.2 Å². The molecule has 1 unspecified atom stereocenters. The van der Waals surface area contributed by atoms with E-state index in [0.717, 1.165) is 37.7 Å². The highest BCUT2D eigenvalue weighted by Gasteiger charge is 2.22. The number of methoxy groups -OCH3 is 1. The third-order valence-corrected chi connectivity index (χ3v) is 3.99. The lowest BCUT2D eigenvalue weighted by Gasteiger charge is -2.33. The van der Waals surface area contributed by atoms with Crippen LogP contribution < -0.4 is 9.47 Å². The lowest BCUT2D eigenvalue weighted by Crippen LogP contribution is -2.44.